The number of hydrogen-bond acceptors (Lipinski definition) is 2. The van der Waals surface area contributed by atoms with Gasteiger partial charge < -0.3 is 4.57 Å². The number of fused-ring (bicyclic) bond motifs is 1. The number of ketones is 1. The molecule has 2 aromatic heterocycles. The molecule has 4 nitrogen and oxygen atoms in total. The summed E-state index contributed by atoms with van der Waals surface area (Å²) in [6, 6.07) is 3.96. The topological polar surface area (TPSA) is 39.8 Å². The zero-order valence-corrected chi connectivity index (χ0v) is 9.89. The fraction of sp³-hybridized carbons (Fsp3) is 0.385. The molecule has 0 aliphatic heterocycles. The van der Waals surface area contributed by atoms with Crippen LogP contribution in [0.4, 0.5) is 0 Å². The van der Waals surface area contributed by atoms with Crippen LogP contribution in [0.1, 0.15) is 34.6 Å². The first kappa shape index (κ1) is 10.3. The van der Waals surface area contributed by atoms with Gasteiger partial charge in [0.05, 0.1) is 12.2 Å². The second-order valence-corrected chi connectivity index (χ2v) is 4.56. The first-order valence-corrected chi connectivity index (χ1v) is 5.94. The minimum atomic E-state index is 0.283. The van der Waals surface area contributed by atoms with E-state index in [4.69, 9.17) is 0 Å². The van der Waals surface area contributed by atoms with Crippen molar-refractivity contribution in [1.82, 2.24) is 14.3 Å². The summed E-state index contributed by atoms with van der Waals surface area (Å²) in [5.74, 6) is 0.283. The molecule has 0 saturated carbocycles. The van der Waals surface area contributed by atoms with Gasteiger partial charge in [-0.2, -0.15) is 5.10 Å². The number of Topliss-reactive ketones (excluding diaryl/α,β-unsaturated/α-hetero) is 1. The fourth-order valence-corrected chi connectivity index (χ4v) is 2.46. The van der Waals surface area contributed by atoms with E-state index in [9.17, 15) is 4.79 Å². The average molecular weight is 229 g/mol. The van der Waals surface area contributed by atoms with Crippen LogP contribution in [0.3, 0.4) is 0 Å². The molecule has 88 valence electrons. The zero-order chi connectivity index (χ0) is 11.8. The number of rotatable bonds is 2. The molecule has 0 unspecified atom stereocenters. The van der Waals surface area contributed by atoms with Gasteiger partial charge in [-0.25, -0.2) is 0 Å². The van der Waals surface area contributed by atoms with E-state index >= 15 is 0 Å². The number of nitrogens with zero attached hydrogens (tertiary/aromatic N) is 3. The Morgan fingerprint density at radius 3 is 2.94 bits per heavy atom. The summed E-state index contributed by atoms with van der Waals surface area (Å²) in [6.07, 6.45) is 6.61. The molecule has 0 saturated heterocycles. The van der Waals surface area contributed by atoms with Crippen molar-refractivity contribution < 1.29 is 4.79 Å². The molecule has 0 aromatic carbocycles. The van der Waals surface area contributed by atoms with Crippen molar-refractivity contribution in [3.05, 3.63) is 41.5 Å². The van der Waals surface area contributed by atoms with Gasteiger partial charge in [0.25, 0.3) is 0 Å². The van der Waals surface area contributed by atoms with E-state index in [-0.39, 0.29) is 5.78 Å². The van der Waals surface area contributed by atoms with Crippen LogP contribution in [0.5, 0.6) is 0 Å². The normalized spacial score (nSPS) is 15.0. The van der Waals surface area contributed by atoms with E-state index < -0.39 is 0 Å². The van der Waals surface area contributed by atoms with Gasteiger partial charge in [0, 0.05) is 37.1 Å². The zero-order valence-electron chi connectivity index (χ0n) is 9.89. The van der Waals surface area contributed by atoms with E-state index in [1.54, 1.807) is 4.68 Å². The van der Waals surface area contributed by atoms with Gasteiger partial charge in [-0.3, -0.25) is 9.48 Å². The van der Waals surface area contributed by atoms with Crippen LogP contribution in [0, 0.1) is 0 Å². The largest absolute Gasteiger partial charge is 0.345 e. The maximum atomic E-state index is 11.7. The SMILES string of the molecule is Cn1ccc(Cn2ccc3c2CCCC3=O)n1. The summed E-state index contributed by atoms with van der Waals surface area (Å²) in [7, 11) is 1.91. The van der Waals surface area contributed by atoms with E-state index in [0.29, 0.717) is 6.42 Å². The molecule has 0 atom stereocenters. The fourth-order valence-electron chi connectivity index (χ4n) is 2.46. The molecule has 1 aliphatic rings. The molecule has 4 heteroatoms. The van der Waals surface area contributed by atoms with Crippen LogP contribution in [0.2, 0.25) is 0 Å². The van der Waals surface area contributed by atoms with Crippen LogP contribution in [-0.2, 0) is 20.0 Å². The highest BCUT2D eigenvalue weighted by molar-refractivity contribution is 5.98. The van der Waals surface area contributed by atoms with Crippen LogP contribution in [0.15, 0.2) is 24.5 Å². The Labute approximate surface area is 99.9 Å². The van der Waals surface area contributed by atoms with Gasteiger partial charge >= 0.3 is 0 Å². The van der Waals surface area contributed by atoms with E-state index in [0.717, 1.165) is 30.6 Å². The molecule has 0 N–H and O–H groups in total. The number of carbonyl (C=O) groups is 1. The highest BCUT2D eigenvalue weighted by Crippen LogP contribution is 2.22. The molecule has 2 aromatic rings. The van der Waals surface area contributed by atoms with E-state index in [1.807, 2.05) is 31.6 Å². The monoisotopic (exact) mass is 229 g/mol. The lowest BCUT2D eigenvalue weighted by molar-refractivity contribution is 0.0972. The summed E-state index contributed by atoms with van der Waals surface area (Å²) >= 11 is 0. The molecule has 0 amide bonds. The second kappa shape index (κ2) is 3.87. The maximum Gasteiger partial charge on any atom is 0.164 e. The minimum Gasteiger partial charge on any atom is -0.345 e. The molecular formula is C13H15N3O. The lowest BCUT2D eigenvalue weighted by atomic mass is 9.97. The third-order valence-corrected chi connectivity index (χ3v) is 3.30. The Hall–Kier alpha value is -1.84. The van der Waals surface area contributed by atoms with Gasteiger partial charge in [0.15, 0.2) is 5.78 Å². The average Bonchev–Trinajstić information content (AvgIpc) is 2.88. The van der Waals surface area contributed by atoms with Crippen molar-refractivity contribution in [2.75, 3.05) is 0 Å². The lowest BCUT2D eigenvalue weighted by Crippen LogP contribution is -2.13. The first-order chi connectivity index (χ1) is 8.24. The number of aryl methyl sites for hydroxylation is 1. The predicted octanol–water partition coefficient (Wildman–Crippen LogP) is 1.79. The summed E-state index contributed by atoms with van der Waals surface area (Å²) in [5.41, 5.74) is 3.11. The van der Waals surface area contributed by atoms with Crippen LogP contribution < -0.4 is 0 Å². The quantitative estimate of drug-likeness (QED) is 0.787. The molecule has 0 fully saturated rings. The highest BCUT2D eigenvalue weighted by atomic mass is 16.1. The third kappa shape index (κ3) is 1.79. The smallest absolute Gasteiger partial charge is 0.164 e. The van der Waals surface area contributed by atoms with Crippen molar-refractivity contribution >= 4 is 5.78 Å². The molecule has 0 radical (unpaired) electrons. The highest BCUT2D eigenvalue weighted by Gasteiger charge is 2.20. The van der Waals surface area contributed by atoms with Crippen molar-refractivity contribution in [1.29, 1.82) is 0 Å². The molecule has 0 bridgehead atoms. The van der Waals surface area contributed by atoms with Crippen LogP contribution in [0.25, 0.3) is 0 Å². The predicted molar refractivity (Wildman–Crippen MR) is 64.0 cm³/mol. The Balaban J connectivity index is 1.91. The number of aromatic nitrogens is 3. The first-order valence-electron chi connectivity index (χ1n) is 5.94. The van der Waals surface area contributed by atoms with Crippen LogP contribution in [-0.4, -0.2) is 20.1 Å². The minimum absolute atomic E-state index is 0.283. The van der Waals surface area contributed by atoms with Crippen molar-refractivity contribution in [3.63, 3.8) is 0 Å². The third-order valence-electron chi connectivity index (χ3n) is 3.30. The Kier molecular flexibility index (Phi) is 2.35. The molecule has 1 aliphatic carbocycles. The summed E-state index contributed by atoms with van der Waals surface area (Å²) in [5, 5.41) is 4.36. The van der Waals surface area contributed by atoms with E-state index in [2.05, 4.69) is 9.67 Å². The van der Waals surface area contributed by atoms with Crippen LogP contribution >= 0.6 is 0 Å². The van der Waals surface area contributed by atoms with Crippen molar-refractivity contribution in [3.8, 4) is 0 Å². The summed E-state index contributed by atoms with van der Waals surface area (Å²) in [4.78, 5) is 11.7. The van der Waals surface area contributed by atoms with Gasteiger partial charge in [-0.15, -0.1) is 0 Å². The molecule has 2 heterocycles. The lowest BCUT2D eigenvalue weighted by Gasteiger charge is -2.14. The van der Waals surface area contributed by atoms with Gasteiger partial charge in [-0.1, -0.05) is 0 Å². The number of carbonyl (C=O) groups excluding carboxylic acids is 1. The molecule has 3 rings (SSSR count). The van der Waals surface area contributed by atoms with Crippen molar-refractivity contribution in [2.24, 2.45) is 7.05 Å². The number of hydrogen-bond donors (Lipinski definition) is 0. The van der Waals surface area contributed by atoms with Gasteiger partial charge in [-0.05, 0) is 25.0 Å². The summed E-state index contributed by atoms with van der Waals surface area (Å²) in [6.45, 7) is 0.753. The Morgan fingerprint density at radius 1 is 1.29 bits per heavy atom. The van der Waals surface area contributed by atoms with Gasteiger partial charge in [0.1, 0.15) is 0 Å². The Bertz CT molecular complexity index is 565. The molecular weight excluding hydrogens is 214 g/mol. The van der Waals surface area contributed by atoms with Gasteiger partial charge in [0.2, 0.25) is 0 Å². The summed E-state index contributed by atoms with van der Waals surface area (Å²) < 4.78 is 3.95. The maximum absolute atomic E-state index is 11.7. The standard InChI is InChI=1S/C13H15N3O/c1-15-7-5-10(14-15)9-16-8-6-11-12(16)3-2-4-13(11)17/h5-8H,2-4,9H2,1H3. The Morgan fingerprint density at radius 2 is 2.18 bits per heavy atom. The van der Waals surface area contributed by atoms with E-state index in [1.165, 1.54) is 5.69 Å². The second-order valence-electron chi connectivity index (χ2n) is 4.56. The molecule has 0 spiro atoms. The molecule has 17 heavy (non-hydrogen) atoms. The van der Waals surface area contributed by atoms with Crippen molar-refractivity contribution in [2.45, 2.75) is 25.8 Å².